The van der Waals surface area contributed by atoms with Crippen LogP contribution in [0.25, 0.3) is 11.1 Å². The number of rotatable bonds is 6. The van der Waals surface area contributed by atoms with Gasteiger partial charge in [0.15, 0.2) is 0 Å². The number of likely N-dealkylation sites (tertiary alicyclic amines) is 1. The van der Waals surface area contributed by atoms with Gasteiger partial charge in [-0.1, -0.05) is 67.4 Å². The number of benzene rings is 3. The number of carbonyl (C=O) groups excluding carboxylic acids is 2. The summed E-state index contributed by atoms with van der Waals surface area (Å²) in [6, 6.07) is 20.1. The van der Waals surface area contributed by atoms with Crippen LogP contribution in [0.4, 0.5) is 8.78 Å². The monoisotopic (exact) mass is 516 g/mol. The van der Waals surface area contributed by atoms with Crippen LogP contribution < -0.4 is 5.32 Å². The SMILES string of the molecule is C[C@H](NC(=O)C1(C2CCCC2)CCN(C(=O)c2c(F)cccc2-c2ccccc2)CC1)c1ccc(F)cc1. The molecule has 5 rings (SSSR count). The van der Waals surface area contributed by atoms with Crippen molar-refractivity contribution in [2.45, 2.75) is 51.5 Å². The smallest absolute Gasteiger partial charge is 0.257 e. The molecule has 0 radical (unpaired) electrons. The van der Waals surface area contributed by atoms with Crippen molar-refractivity contribution < 1.29 is 18.4 Å². The number of halogens is 2. The molecule has 1 atom stereocenters. The minimum absolute atomic E-state index is 0.00388. The fraction of sp³-hybridized carbons (Fsp3) is 0.375. The number of nitrogens with zero attached hydrogens (tertiary/aromatic N) is 1. The van der Waals surface area contributed by atoms with E-state index in [0.29, 0.717) is 31.5 Å². The molecule has 2 aliphatic rings. The molecular weight excluding hydrogens is 482 g/mol. The van der Waals surface area contributed by atoms with Gasteiger partial charge in [-0.25, -0.2) is 8.78 Å². The third-order valence-electron chi connectivity index (χ3n) is 8.56. The van der Waals surface area contributed by atoms with Crippen molar-refractivity contribution in [2.24, 2.45) is 11.3 Å². The second-order valence-corrected chi connectivity index (χ2v) is 10.7. The predicted molar refractivity (Wildman–Crippen MR) is 144 cm³/mol. The molecule has 38 heavy (non-hydrogen) atoms. The van der Waals surface area contributed by atoms with Crippen LogP contribution in [0, 0.1) is 23.0 Å². The molecule has 0 bridgehead atoms. The molecule has 198 valence electrons. The highest BCUT2D eigenvalue weighted by Gasteiger charge is 2.49. The standard InChI is InChI=1S/C32H34F2N2O2/c1-22(23-14-16-26(33)17-15-23)35-31(38)32(25-10-5-6-11-25)18-20-36(21-19-32)30(37)29-27(12-7-13-28(29)34)24-8-3-2-4-9-24/h2-4,7-9,12-17,22,25H,5-6,10-11,18-21H2,1H3,(H,35,38)/t22-/m0/s1. The van der Waals surface area contributed by atoms with Crippen LogP contribution in [0.2, 0.25) is 0 Å². The molecule has 1 saturated heterocycles. The Balaban J connectivity index is 1.36. The number of carbonyl (C=O) groups is 2. The summed E-state index contributed by atoms with van der Waals surface area (Å²) in [5, 5.41) is 3.19. The first-order valence-corrected chi connectivity index (χ1v) is 13.6. The second kappa shape index (κ2) is 11.1. The quantitative estimate of drug-likeness (QED) is 0.387. The molecule has 4 nitrogen and oxygen atoms in total. The molecule has 3 aromatic carbocycles. The lowest BCUT2D eigenvalue weighted by atomic mass is 9.67. The summed E-state index contributed by atoms with van der Waals surface area (Å²) in [5.74, 6) is -0.911. The number of nitrogens with one attached hydrogen (secondary N) is 1. The highest BCUT2D eigenvalue weighted by Crippen LogP contribution is 2.47. The van der Waals surface area contributed by atoms with E-state index in [0.717, 1.165) is 36.8 Å². The Bertz CT molecular complexity index is 1280. The fourth-order valence-corrected chi connectivity index (χ4v) is 6.34. The van der Waals surface area contributed by atoms with Crippen LogP contribution in [0.5, 0.6) is 0 Å². The summed E-state index contributed by atoms with van der Waals surface area (Å²) in [4.78, 5) is 29.2. The third-order valence-corrected chi connectivity index (χ3v) is 8.56. The lowest BCUT2D eigenvalue weighted by Crippen LogP contribution is -2.53. The molecule has 2 fully saturated rings. The molecule has 1 aliphatic carbocycles. The Morgan fingerprint density at radius 1 is 0.895 bits per heavy atom. The normalized spacial score (nSPS) is 18.2. The van der Waals surface area contributed by atoms with Crippen LogP contribution in [-0.2, 0) is 4.79 Å². The first-order valence-electron chi connectivity index (χ1n) is 13.6. The van der Waals surface area contributed by atoms with Crippen molar-refractivity contribution in [2.75, 3.05) is 13.1 Å². The van der Waals surface area contributed by atoms with Crippen molar-refractivity contribution in [3.63, 3.8) is 0 Å². The van der Waals surface area contributed by atoms with Crippen molar-refractivity contribution in [3.05, 3.63) is 95.6 Å². The summed E-state index contributed by atoms with van der Waals surface area (Å²) < 4.78 is 28.5. The zero-order valence-electron chi connectivity index (χ0n) is 21.8. The highest BCUT2D eigenvalue weighted by atomic mass is 19.1. The van der Waals surface area contributed by atoms with Gasteiger partial charge in [0.1, 0.15) is 11.6 Å². The molecule has 2 amide bonds. The molecule has 1 heterocycles. The topological polar surface area (TPSA) is 49.4 Å². The highest BCUT2D eigenvalue weighted by molar-refractivity contribution is 6.01. The molecule has 0 spiro atoms. The zero-order valence-corrected chi connectivity index (χ0v) is 21.8. The van der Waals surface area contributed by atoms with Gasteiger partial charge in [0.2, 0.25) is 5.91 Å². The van der Waals surface area contributed by atoms with Crippen molar-refractivity contribution in [1.29, 1.82) is 0 Å². The van der Waals surface area contributed by atoms with E-state index >= 15 is 4.39 Å². The maximum Gasteiger partial charge on any atom is 0.257 e. The number of hydrogen-bond acceptors (Lipinski definition) is 2. The average Bonchev–Trinajstić information content (AvgIpc) is 3.49. The van der Waals surface area contributed by atoms with Crippen LogP contribution in [0.15, 0.2) is 72.8 Å². The van der Waals surface area contributed by atoms with Gasteiger partial charge in [-0.15, -0.1) is 0 Å². The summed E-state index contributed by atoms with van der Waals surface area (Å²) in [7, 11) is 0. The van der Waals surface area contributed by atoms with Gasteiger partial charge in [0, 0.05) is 13.1 Å². The van der Waals surface area contributed by atoms with E-state index in [1.54, 1.807) is 29.2 Å². The van der Waals surface area contributed by atoms with Gasteiger partial charge in [-0.2, -0.15) is 0 Å². The first-order chi connectivity index (χ1) is 18.4. The second-order valence-electron chi connectivity index (χ2n) is 10.7. The summed E-state index contributed by atoms with van der Waals surface area (Å²) in [6.45, 7) is 2.71. The molecule has 0 unspecified atom stereocenters. The maximum absolute atomic E-state index is 15.1. The Labute approximate surface area is 223 Å². The van der Waals surface area contributed by atoms with Gasteiger partial charge >= 0.3 is 0 Å². The fourth-order valence-electron chi connectivity index (χ4n) is 6.34. The molecule has 6 heteroatoms. The summed E-state index contributed by atoms with van der Waals surface area (Å²) in [6.07, 6.45) is 5.29. The van der Waals surface area contributed by atoms with Gasteiger partial charge < -0.3 is 10.2 Å². The van der Waals surface area contributed by atoms with Crippen molar-refractivity contribution in [3.8, 4) is 11.1 Å². The minimum atomic E-state index is -0.570. The minimum Gasteiger partial charge on any atom is -0.349 e. The number of hydrogen-bond donors (Lipinski definition) is 1. The Kier molecular flexibility index (Phi) is 7.59. The van der Waals surface area contributed by atoms with Gasteiger partial charge in [-0.3, -0.25) is 9.59 Å². The van der Waals surface area contributed by atoms with E-state index in [4.69, 9.17) is 0 Å². The van der Waals surface area contributed by atoms with E-state index in [1.807, 2.05) is 37.3 Å². The van der Waals surface area contributed by atoms with E-state index < -0.39 is 11.2 Å². The Hall–Kier alpha value is -3.54. The molecule has 1 aliphatic heterocycles. The van der Waals surface area contributed by atoms with E-state index in [-0.39, 0.29) is 35.2 Å². The Morgan fingerprint density at radius 3 is 2.21 bits per heavy atom. The predicted octanol–water partition coefficient (Wildman–Crippen LogP) is 6.92. The van der Waals surface area contributed by atoms with Crippen molar-refractivity contribution in [1.82, 2.24) is 10.2 Å². The first kappa shape index (κ1) is 26.1. The van der Waals surface area contributed by atoms with E-state index in [1.165, 1.54) is 18.2 Å². The van der Waals surface area contributed by atoms with Crippen LogP contribution in [0.3, 0.4) is 0 Å². The largest absolute Gasteiger partial charge is 0.349 e. The van der Waals surface area contributed by atoms with Crippen LogP contribution in [0.1, 0.15) is 67.4 Å². The molecule has 1 N–H and O–H groups in total. The average molecular weight is 517 g/mol. The zero-order chi connectivity index (χ0) is 26.7. The summed E-state index contributed by atoms with van der Waals surface area (Å²) >= 11 is 0. The van der Waals surface area contributed by atoms with Crippen LogP contribution in [-0.4, -0.2) is 29.8 Å². The lowest BCUT2D eigenvalue weighted by Gasteiger charge is -2.45. The molecular formula is C32H34F2N2O2. The molecule has 3 aromatic rings. The van der Waals surface area contributed by atoms with Gasteiger partial charge in [0.25, 0.3) is 5.91 Å². The van der Waals surface area contributed by atoms with E-state index in [9.17, 15) is 14.0 Å². The molecule has 1 saturated carbocycles. The summed E-state index contributed by atoms with van der Waals surface area (Å²) in [5.41, 5.74) is 1.73. The number of piperidine rings is 1. The van der Waals surface area contributed by atoms with Crippen molar-refractivity contribution >= 4 is 11.8 Å². The van der Waals surface area contributed by atoms with Crippen LogP contribution >= 0.6 is 0 Å². The molecule has 0 aromatic heterocycles. The maximum atomic E-state index is 15.1. The van der Waals surface area contributed by atoms with Gasteiger partial charge in [-0.05, 0) is 73.4 Å². The van der Waals surface area contributed by atoms with E-state index in [2.05, 4.69) is 5.32 Å². The lowest BCUT2D eigenvalue weighted by molar-refractivity contribution is -0.138. The number of amides is 2. The van der Waals surface area contributed by atoms with Gasteiger partial charge in [0.05, 0.1) is 17.0 Å². The third kappa shape index (κ3) is 5.09. The Morgan fingerprint density at radius 2 is 1.55 bits per heavy atom.